The van der Waals surface area contributed by atoms with Crippen LogP contribution in [0.2, 0.25) is 0 Å². The van der Waals surface area contributed by atoms with Crippen LogP contribution in [0, 0.1) is 18.3 Å². The van der Waals surface area contributed by atoms with E-state index in [1.807, 2.05) is 42.5 Å². The van der Waals surface area contributed by atoms with Gasteiger partial charge in [-0.05, 0) is 40.3 Å². The van der Waals surface area contributed by atoms with E-state index in [-0.39, 0.29) is 0 Å². The fraction of sp³-hybridized carbons (Fsp3) is 0.0870. The lowest BCUT2D eigenvalue weighted by Crippen LogP contribution is -1.96. The zero-order chi connectivity index (χ0) is 17.4. The summed E-state index contributed by atoms with van der Waals surface area (Å²) in [4.78, 5) is 0. The van der Waals surface area contributed by atoms with Crippen molar-refractivity contribution in [3.63, 3.8) is 0 Å². The molecule has 0 amide bonds. The molecule has 0 unspecified atom stereocenters. The molecule has 4 aromatic rings. The van der Waals surface area contributed by atoms with Crippen LogP contribution in [0.5, 0.6) is 5.75 Å². The maximum absolute atomic E-state index is 9.90. The molecular weight excluding hydrogens is 306 g/mol. The van der Waals surface area contributed by atoms with Crippen molar-refractivity contribution in [2.75, 3.05) is 7.11 Å². The highest BCUT2D eigenvalue weighted by Crippen LogP contribution is 2.41. The molecule has 0 spiro atoms. The molecule has 4 rings (SSSR count). The van der Waals surface area contributed by atoms with Crippen molar-refractivity contribution in [1.82, 2.24) is 0 Å². The predicted molar refractivity (Wildman–Crippen MR) is 103 cm³/mol. The van der Waals surface area contributed by atoms with Gasteiger partial charge in [0, 0.05) is 10.9 Å². The van der Waals surface area contributed by atoms with Crippen molar-refractivity contribution >= 4 is 21.5 Å². The Morgan fingerprint density at radius 2 is 1.52 bits per heavy atom. The second kappa shape index (κ2) is 5.96. The van der Waals surface area contributed by atoms with E-state index < -0.39 is 0 Å². The monoisotopic (exact) mass is 323 g/mol. The van der Waals surface area contributed by atoms with Crippen molar-refractivity contribution in [3.8, 4) is 22.9 Å². The molecule has 0 atom stereocenters. The minimum atomic E-state index is 0.660. The van der Waals surface area contributed by atoms with Crippen molar-refractivity contribution in [3.05, 3.63) is 77.9 Å². The average Bonchev–Trinajstić information content (AvgIpc) is 2.67. The molecule has 0 saturated carbocycles. The van der Waals surface area contributed by atoms with Crippen molar-refractivity contribution in [2.45, 2.75) is 6.92 Å². The molecule has 2 heteroatoms. The first-order chi connectivity index (χ1) is 12.2. The standard InChI is InChI=1S/C23H17NO/c1-15-18-9-5-3-7-16(18)11-12-19(15)23-21(14-24)20-10-6-4-8-17(20)13-22(23)25-2/h3-13H,1-2H3. The summed E-state index contributed by atoms with van der Waals surface area (Å²) in [5, 5.41) is 14.3. The molecule has 0 aliphatic carbocycles. The van der Waals surface area contributed by atoms with Crippen LogP contribution in [0.25, 0.3) is 32.7 Å². The van der Waals surface area contributed by atoms with Gasteiger partial charge in [0.05, 0.1) is 12.7 Å². The molecule has 0 aliphatic rings. The van der Waals surface area contributed by atoms with Crippen LogP contribution in [0.3, 0.4) is 0 Å². The Morgan fingerprint density at radius 1 is 0.840 bits per heavy atom. The molecule has 0 aliphatic heterocycles. The number of benzene rings is 4. The number of nitrogens with zero attached hydrogens (tertiary/aromatic N) is 1. The summed E-state index contributed by atoms with van der Waals surface area (Å²) in [6.45, 7) is 2.10. The Morgan fingerprint density at radius 3 is 2.24 bits per heavy atom. The highest BCUT2D eigenvalue weighted by molar-refractivity contribution is 6.00. The highest BCUT2D eigenvalue weighted by Gasteiger charge is 2.18. The minimum absolute atomic E-state index is 0.660. The Labute approximate surface area is 146 Å². The fourth-order valence-corrected chi connectivity index (χ4v) is 3.56. The van der Waals surface area contributed by atoms with Crippen LogP contribution in [0.15, 0.2) is 66.7 Å². The number of hydrogen-bond donors (Lipinski definition) is 0. The SMILES string of the molecule is COc1cc2ccccc2c(C#N)c1-c1ccc2ccccc2c1C. The van der Waals surface area contributed by atoms with Gasteiger partial charge >= 0.3 is 0 Å². The van der Waals surface area contributed by atoms with Crippen LogP contribution in [-0.2, 0) is 0 Å². The van der Waals surface area contributed by atoms with Crippen molar-refractivity contribution in [1.29, 1.82) is 5.26 Å². The molecule has 25 heavy (non-hydrogen) atoms. The van der Waals surface area contributed by atoms with Gasteiger partial charge < -0.3 is 4.74 Å². The van der Waals surface area contributed by atoms with Gasteiger partial charge in [0.1, 0.15) is 11.8 Å². The lowest BCUT2D eigenvalue weighted by Gasteiger charge is -2.16. The highest BCUT2D eigenvalue weighted by atomic mass is 16.5. The van der Waals surface area contributed by atoms with E-state index in [1.54, 1.807) is 7.11 Å². The molecule has 4 aromatic carbocycles. The van der Waals surface area contributed by atoms with E-state index in [0.717, 1.165) is 33.2 Å². The van der Waals surface area contributed by atoms with Crippen molar-refractivity contribution in [2.24, 2.45) is 0 Å². The van der Waals surface area contributed by atoms with Crippen LogP contribution in [-0.4, -0.2) is 7.11 Å². The summed E-state index contributed by atoms with van der Waals surface area (Å²) in [6.07, 6.45) is 0. The first-order valence-corrected chi connectivity index (χ1v) is 8.23. The number of hydrogen-bond acceptors (Lipinski definition) is 2. The maximum atomic E-state index is 9.90. The van der Waals surface area contributed by atoms with Gasteiger partial charge in [0.15, 0.2) is 0 Å². The van der Waals surface area contributed by atoms with Crippen LogP contribution in [0.1, 0.15) is 11.1 Å². The van der Waals surface area contributed by atoms with Gasteiger partial charge in [0.2, 0.25) is 0 Å². The quantitative estimate of drug-likeness (QED) is 0.463. The Balaban J connectivity index is 2.14. The summed E-state index contributed by atoms with van der Waals surface area (Å²) in [5.41, 5.74) is 3.72. The third kappa shape index (κ3) is 2.33. The van der Waals surface area contributed by atoms with E-state index in [2.05, 4.69) is 37.3 Å². The van der Waals surface area contributed by atoms with Crippen LogP contribution in [0.4, 0.5) is 0 Å². The number of aryl methyl sites for hydroxylation is 1. The van der Waals surface area contributed by atoms with Crippen LogP contribution < -0.4 is 4.74 Å². The smallest absolute Gasteiger partial charge is 0.128 e. The van der Waals surface area contributed by atoms with Gasteiger partial charge in [-0.25, -0.2) is 0 Å². The Kier molecular flexibility index (Phi) is 3.63. The Bertz CT molecular complexity index is 1150. The third-order valence-corrected chi connectivity index (χ3v) is 4.81. The largest absolute Gasteiger partial charge is 0.496 e. The topological polar surface area (TPSA) is 33.0 Å². The second-order valence-electron chi connectivity index (χ2n) is 6.12. The molecule has 0 saturated heterocycles. The number of nitriles is 1. The second-order valence-corrected chi connectivity index (χ2v) is 6.12. The molecule has 2 nitrogen and oxygen atoms in total. The van der Waals surface area contributed by atoms with E-state index >= 15 is 0 Å². The normalized spacial score (nSPS) is 10.8. The summed E-state index contributed by atoms with van der Waals surface area (Å²) >= 11 is 0. The summed E-state index contributed by atoms with van der Waals surface area (Å²) in [5.74, 6) is 0.730. The van der Waals surface area contributed by atoms with E-state index in [9.17, 15) is 5.26 Å². The average molecular weight is 323 g/mol. The van der Waals surface area contributed by atoms with E-state index in [4.69, 9.17) is 4.74 Å². The van der Waals surface area contributed by atoms with Gasteiger partial charge in [0.25, 0.3) is 0 Å². The first-order valence-electron chi connectivity index (χ1n) is 8.23. The molecule has 0 N–H and O–H groups in total. The number of fused-ring (bicyclic) bond motifs is 2. The molecule has 0 aromatic heterocycles. The predicted octanol–water partition coefficient (Wildman–Crippen LogP) is 5.85. The molecule has 0 radical (unpaired) electrons. The maximum Gasteiger partial charge on any atom is 0.128 e. The van der Waals surface area contributed by atoms with Crippen LogP contribution >= 0.6 is 0 Å². The van der Waals surface area contributed by atoms with E-state index in [0.29, 0.717) is 5.56 Å². The minimum Gasteiger partial charge on any atom is -0.496 e. The zero-order valence-corrected chi connectivity index (χ0v) is 14.2. The number of ether oxygens (including phenoxy) is 1. The lowest BCUT2D eigenvalue weighted by molar-refractivity contribution is 0.417. The molecule has 120 valence electrons. The zero-order valence-electron chi connectivity index (χ0n) is 14.2. The molecular formula is C23H17NO. The summed E-state index contributed by atoms with van der Waals surface area (Å²) < 4.78 is 5.67. The van der Waals surface area contributed by atoms with Gasteiger partial charge in [-0.2, -0.15) is 5.26 Å². The molecule has 0 heterocycles. The fourth-order valence-electron chi connectivity index (χ4n) is 3.56. The molecule has 0 fully saturated rings. The van der Waals surface area contributed by atoms with Gasteiger partial charge in [-0.3, -0.25) is 0 Å². The lowest BCUT2D eigenvalue weighted by atomic mass is 9.89. The molecule has 0 bridgehead atoms. The van der Waals surface area contributed by atoms with Gasteiger partial charge in [-0.1, -0.05) is 60.7 Å². The Hall–Kier alpha value is -3.31. The number of methoxy groups -OCH3 is 1. The number of rotatable bonds is 2. The van der Waals surface area contributed by atoms with Crippen molar-refractivity contribution < 1.29 is 4.74 Å². The van der Waals surface area contributed by atoms with Gasteiger partial charge in [-0.15, -0.1) is 0 Å². The summed E-state index contributed by atoms with van der Waals surface area (Å²) in [6, 6.07) is 24.9. The third-order valence-electron chi connectivity index (χ3n) is 4.81. The van der Waals surface area contributed by atoms with E-state index in [1.165, 1.54) is 10.8 Å². The first kappa shape index (κ1) is 15.2. The summed E-state index contributed by atoms with van der Waals surface area (Å²) in [7, 11) is 1.66.